The van der Waals surface area contributed by atoms with E-state index in [0.29, 0.717) is 0 Å². The van der Waals surface area contributed by atoms with E-state index in [4.69, 9.17) is 5.11 Å². The quantitative estimate of drug-likeness (QED) is 0.746. The Morgan fingerprint density at radius 2 is 2.06 bits per heavy atom. The lowest BCUT2D eigenvalue weighted by Gasteiger charge is -2.18. The molecule has 1 aliphatic rings. The molecule has 0 aliphatic heterocycles. The van der Waals surface area contributed by atoms with Crippen LogP contribution in [-0.2, 0) is 4.79 Å². The lowest BCUT2D eigenvalue weighted by atomic mass is 9.90. The number of halogens is 2. The standard InChI is InChI=1S/C12H12BrFO4/c13-7-4-8(14)11(17)12(18)10(7)6(3-9(15)16)5-1-2-5/h4-6,17-18H,1-3H2,(H,15,16). The van der Waals surface area contributed by atoms with E-state index >= 15 is 0 Å². The molecule has 0 amide bonds. The van der Waals surface area contributed by atoms with E-state index < -0.39 is 29.2 Å². The van der Waals surface area contributed by atoms with Gasteiger partial charge in [-0.3, -0.25) is 4.79 Å². The highest BCUT2D eigenvalue weighted by Crippen LogP contribution is 2.51. The number of aliphatic carboxylic acids is 1. The normalized spacial score (nSPS) is 16.6. The van der Waals surface area contributed by atoms with Crippen molar-refractivity contribution in [3.63, 3.8) is 0 Å². The molecule has 1 aromatic rings. The number of hydrogen-bond acceptors (Lipinski definition) is 3. The third kappa shape index (κ3) is 2.43. The lowest BCUT2D eigenvalue weighted by molar-refractivity contribution is -0.137. The molecule has 1 aromatic carbocycles. The first-order valence-electron chi connectivity index (χ1n) is 5.53. The number of carbonyl (C=O) groups is 1. The van der Waals surface area contributed by atoms with Crippen molar-refractivity contribution >= 4 is 21.9 Å². The van der Waals surface area contributed by atoms with Gasteiger partial charge in [0.05, 0.1) is 6.42 Å². The molecule has 0 heterocycles. The summed E-state index contributed by atoms with van der Waals surface area (Å²) < 4.78 is 13.5. The molecule has 1 saturated carbocycles. The molecule has 0 saturated heterocycles. The minimum atomic E-state index is -0.984. The average Bonchev–Trinajstić information content (AvgIpc) is 3.08. The van der Waals surface area contributed by atoms with Crippen molar-refractivity contribution in [2.24, 2.45) is 5.92 Å². The van der Waals surface area contributed by atoms with Crippen molar-refractivity contribution in [1.29, 1.82) is 0 Å². The topological polar surface area (TPSA) is 77.8 Å². The SMILES string of the molecule is O=C(O)CC(c1c(Br)cc(F)c(O)c1O)C1CC1. The first-order valence-corrected chi connectivity index (χ1v) is 6.32. The number of aromatic hydroxyl groups is 2. The second kappa shape index (κ2) is 4.76. The van der Waals surface area contributed by atoms with Crippen LogP contribution in [0.2, 0.25) is 0 Å². The largest absolute Gasteiger partial charge is 0.504 e. The van der Waals surface area contributed by atoms with Crippen LogP contribution >= 0.6 is 15.9 Å². The molecular formula is C12H12BrFO4. The molecule has 98 valence electrons. The molecule has 0 bridgehead atoms. The van der Waals surface area contributed by atoms with Gasteiger partial charge in [0, 0.05) is 16.0 Å². The van der Waals surface area contributed by atoms with Gasteiger partial charge in [0.1, 0.15) is 0 Å². The molecule has 1 aliphatic carbocycles. The van der Waals surface area contributed by atoms with E-state index in [2.05, 4.69) is 15.9 Å². The minimum absolute atomic E-state index is 0.151. The molecule has 0 spiro atoms. The van der Waals surface area contributed by atoms with Crippen LogP contribution in [0.25, 0.3) is 0 Å². The van der Waals surface area contributed by atoms with E-state index in [9.17, 15) is 19.4 Å². The summed E-state index contributed by atoms with van der Waals surface area (Å²) in [5.74, 6) is -3.57. The van der Waals surface area contributed by atoms with Crippen molar-refractivity contribution < 1.29 is 24.5 Å². The van der Waals surface area contributed by atoms with Crippen molar-refractivity contribution in [2.75, 3.05) is 0 Å². The molecule has 18 heavy (non-hydrogen) atoms. The molecular weight excluding hydrogens is 307 g/mol. The summed E-state index contributed by atoms with van der Waals surface area (Å²) in [6.07, 6.45) is 1.60. The average molecular weight is 319 g/mol. The smallest absolute Gasteiger partial charge is 0.303 e. The van der Waals surface area contributed by atoms with Gasteiger partial charge < -0.3 is 15.3 Å². The maximum absolute atomic E-state index is 13.2. The Morgan fingerprint density at radius 3 is 2.56 bits per heavy atom. The fraction of sp³-hybridized carbons (Fsp3) is 0.417. The van der Waals surface area contributed by atoms with Crippen LogP contribution < -0.4 is 0 Å². The monoisotopic (exact) mass is 318 g/mol. The van der Waals surface area contributed by atoms with Gasteiger partial charge in [0.15, 0.2) is 17.3 Å². The number of benzene rings is 1. The van der Waals surface area contributed by atoms with E-state index in [1.807, 2.05) is 0 Å². The van der Waals surface area contributed by atoms with Gasteiger partial charge >= 0.3 is 5.97 Å². The van der Waals surface area contributed by atoms with Crippen molar-refractivity contribution in [3.05, 3.63) is 21.9 Å². The lowest BCUT2D eigenvalue weighted by Crippen LogP contribution is -2.09. The predicted molar refractivity (Wildman–Crippen MR) is 65.1 cm³/mol. The summed E-state index contributed by atoms with van der Waals surface area (Å²) in [6, 6.07) is 1.04. The Morgan fingerprint density at radius 1 is 1.44 bits per heavy atom. The van der Waals surface area contributed by atoms with Crippen LogP contribution in [0.3, 0.4) is 0 Å². The minimum Gasteiger partial charge on any atom is -0.504 e. The van der Waals surface area contributed by atoms with Crippen LogP contribution in [0.4, 0.5) is 4.39 Å². The van der Waals surface area contributed by atoms with Gasteiger partial charge in [0.2, 0.25) is 0 Å². The number of rotatable bonds is 4. The zero-order valence-electron chi connectivity index (χ0n) is 9.36. The van der Waals surface area contributed by atoms with Crippen molar-refractivity contribution in [1.82, 2.24) is 0 Å². The highest BCUT2D eigenvalue weighted by molar-refractivity contribution is 9.10. The van der Waals surface area contributed by atoms with Crippen LogP contribution in [0, 0.1) is 11.7 Å². The van der Waals surface area contributed by atoms with Gasteiger partial charge in [-0.1, -0.05) is 15.9 Å². The fourth-order valence-corrected chi connectivity index (χ4v) is 2.84. The highest BCUT2D eigenvalue weighted by Gasteiger charge is 2.37. The Kier molecular flexibility index (Phi) is 3.47. The van der Waals surface area contributed by atoms with Gasteiger partial charge in [-0.2, -0.15) is 0 Å². The van der Waals surface area contributed by atoms with Crippen LogP contribution in [-0.4, -0.2) is 21.3 Å². The maximum Gasteiger partial charge on any atom is 0.303 e. The number of carboxylic acid groups (broad SMARTS) is 1. The molecule has 1 atom stereocenters. The summed E-state index contributed by atoms with van der Waals surface area (Å²) in [5.41, 5.74) is 0.277. The van der Waals surface area contributed by atoms with E-state index in [1.165, 1.54) is 0 Å². The van der Waals surface area contributed by atoms with Crippen LogP contribution in [0.15, 0.2) is 10.5 Å². The molecule has 4 nitrogen and oxygen atoms in total. The van der Waals surface area contributed by atoms with Gasteiger partial charge in [-0.15, -0.1) is 0 Å². The second-order valence-electron chi connectivity index (χ2n) is 4.49. The third-order valence-electron chi connectivity index (χ3n) is 3.17. The number of phenolic OH excluding ortho intramolecular Hbond substituents is 2. The molecule has 0 aromatic heterocycles. The zero-order valence-corrected chi connectivity index (χ0v) is 10.9. The van der Waals surface area contributed by atoms with E-state index in [0.717, 1.165) is 18.9 Å². The Bertz CT molecular complexity index is 499. The number of carboxylic acids is 1. The predicted octanol–water partition coefficient (Wildman–Crippen LogP) is 2.97. The summed E-state index contributed by atoms with van der Waals surface area (Å²) in [6.45, 7) is 0. The maximum atomic E-state index is 13.2. The summed E-state index contributed by atoms with van der Waals surface area (Å²) >= 11 is 3.11. The van der Waals surface area contributed by atoms with Crippen molar-refractivity contribution in [3.8, 4) is 11.5 Å². The fourth-order valence-electron chi connectivity index (χ4n) is 2.16. The Labute approximate surface area is 111 Å². The molecule has 6 heteroatoms. The molecule has 0 radical (unpaired) electrons. The number of hydrogen-bond donors (Lipinski definition) is 3. The Hall–Kier alpha value is -1.30. The van der Waals surface area contributed by atoms with E-state index in [-0.39, 0.29) is 22.4 Å². The van der Waals surface area contributed by atoms with Gasteiger partial charge in [0.25, 0.3) is 0 Å². The molecule has 1 fully saturated rings. The first-order chi connectivity index (χ1) is 8.41. The first kappa shape index (κ1) is 13.1. The Balaban J connectivity index is 2.47. The summed E-state index contributed by atoms with van der Waals surface area (Å²) in [5, 5.41) is 28.1. The van der Waals surface area contributed by atoms with Crippen LogP contribution in [0.5, 0.6) is 11.5 Å². The second-order valence-corrected chi connectivity index (χ2v) is 5.35. The van der Waals surface area contributed by atoms with Crippen LogP contribution in [0.1, 0.15) is 30.7 Å². The highest BCUT2D eigenvalue weighted by atomic mass is 79.9. The molecule has 3 N–H and O–H groups in total. The van der Waals surface area contributed by atoms with Gasteiger partial charge in [-0.25, -0.2) is 4.39 Å². The van der Waals surface area contributed by atoms with Gasteiger partial charge in [-0.05, 0) is 24.8 Å². The third-order valence-corrected chi connectivity index (χ3v) is 3.83. The summed E-state index contributed by atoms with van der Waals surface area (Å²) in [7, 11) is 0. The molecule has 2 rings (SSSR count). The zero-order chi connectivity index (χ0) is 13.4. The molecule has 1 unspecified atom stereocenters. The number of phenols is 2. The van der Waals surface area contributed by atoms with E-state index in [1.54, 1.807) is 0 Å². The van der Waals surface area contributed by atoms with Crippen molar-refractivity contribution in [2.45, 2.75) is 25.2 Å². The summed E-state index contributed by atoms with van der Waals surface area (Å²) in [4.78, 5) is 10.9.